The molecule has 0 unspecified atom stereocenters. The Kier molecular flexibility index (Phi) is 3.51. The zero-order valence-electron chi connectivity index (χ0n) is 11.2. The Morgan fingerprint density at radius 3 is 2.16 bits per heavy atom. The average Bonchev–Trinajstić information content (AvgIpc) is 2.83. The number of hydrogen-bond acceptors (Lipinski definition) is 2. The molecule has 2 aromatic carbocycles. The van der Waals surface area contributed by atoms with E-state index in [-0.39, 0.29) is 0 Å². The first-order valence-corrected chi connectivity index (χ1v) is 6.95. The molecule has 0 radical (unpaired) electrons. The van der Waals surface area contributed by atoms with Gasteiger partial charge in [-0.1, -0.05) is 36.4 Å². The number of nitrogen functional groups attached to an aromatic ring is 1. The quantitative estimate of drug-likeness (QED) is 0.847. The van der Waals surface area contributed by atoms with E-state index in [4.69, 9.17) is 5.73 Å². The summed E-state index contributed by atoms with van der Waals surface area (Å²) in [5.74, 6) is 0. The van der Waals surface area contributed by atoms with Crippen molar-refractivity contribution in [3.63, 3.8) is 0 Å². The highest BCUT2D eigenvalue weighted by molar-refractivity contribution is 5.39. The zero-order chi connectivity index (χ0) is 13.1. The summed E-state index contributed by atoms with van der Waals surface area (Å²) in [4.78, 5) is 2.53. The van der Waals surface area contributed by atoms with Crippen molar-refractivity contribution in [2.24, 2.45) is 0 Å². The Labute approximate surface area is 114 Å². The average molecular weight is 252 g/mol. The van der Waals surface area contributed by atoms with Crippen LogP contribution in [0.5, 0.6) is 0 Å². The minimum Gasteiger partial charge on any atom is -0.399 e. The molecule has 1 aliphatic heterocycles. The van der Waals surface area contributed by atoms with Gasteiger partial charge in [0.2, 0.25) is 0 Å². The van der Waals surface area contributed by atoms with Crippen molar-refractivity contribution in [3.05, 3.63) is 65.2 Å². The van der Waals surface area contributed by atoms with Crippen LogP contribution in [0.4, 0.5) is 5.69 Å². The molecular weight excluding hydrogens is 232 g/mol. The van der Waals surface area contributed by atoms with Gasteiger partial charge in [-0.3, -0.25) is 4.90 Å². The maximum absolute atomic E-state index is 5.70. The summed E-state index contributed by atoms with van der Waals surface area (Å²) >= 11 is 0. The van der Waals surface area contributed by atoms with Gasteiger partial charge in [0.1, 0.15) is 0 Å². The predicted molar refractivity (Wildman–Crippen MR) is 79.7 cm³/mol. The van der Waals surface area contributed by atoms with Crippen molar-refractivity contribution in [2.75, 3.05) is 12.3 Å². The van der Waals surface area contributed by atoms with Crippen LogP contribution in [0.3, 0.4) is 0 Å². The highest BCUT2D eigenvalue weighted by Gasteiger charge is 2.17. The maximum atomic E-state index is 5.70. The van der Waals surface area contributed by atoms with Crippen LogP contribution in [0.25, 0.3) is 0 Å². The molecule has 0 saturated carbocycles. The smallest absolute Gasteiger partial charge is 0.0314 e. The van der Waals surface area contributed by atoms with Crippen molar-refractivity contribution in [2.45, 2.75) is 25.9 Å². The predicted octanol–water partition coefficient (Wildman–Crippen LogP) is 3.22. The van der Waals surface area contributed by atoms with Gasteiger partial charge in [-0.2, -0.15) is 0 Å². The summed E-state index contributed by atoms with van der Waals surface area (Å²) in [7, 11) is 0. The molecule has 2 heteroatoms. The van der Waals surface area contributed by atoms with Gasteiger partial charge in [-0.15, -0.1) is 0 Å². The molecule has 98 valence electrons. The number of hydrogen-bond donors (Lipinski definition) is 1. The molecule has 3 rings (SSSR count). The molecule has 0 fully saturated rings. The third-order valence-corrected chi connectivity index (χ3v) is 3.83. The van der Waals surface area contributed by atoms with Gasteiger partial charge in [-0.25, -0.2) is 0 Å². The Bertz CT molecular complexity index is 520. The number of fused-ring (bicyclic) bond motifs is 1. The highest BCUT2D eigenvalue weighted by atomic mass is 15.1. The lowest BCUT2D eigenvalue weighted by Crippen LogP contribution is -2.18. The minimum atomic E-state index is 0.846. The summed E-state index contributed by atoms with van der Waals surface area (Å²) in [6, 6.07) is 17.0. The van der Waals surface area contributed by atoms with Gasteiger partial charge >= 0.3 is 0 Å². The fourth-order valence-electron chi connectivity index (χ4n) is 2.75. The van der Waals surface area contributed by atoms with Crippen molar-refractivity contribution >= 4 is 5.69 Å². The van der Waals surface area contributed by atoms with E-state index in [0.717, 1.165) is 25.2 Å². The van der Waals surface area contributed by atoms with Crippen molar-refractivity contribution < 1.29 is 0 Å². The molecular formula is C17H20N2. The molecule has 0 aliphatic carbocycles. The molecule has 0 spiro atoms. The molecule has 0 atom stereocenters. The van der Waals surface area contributed by atoms with Gasteiger partial charge in [0.25, 0.3) is 0 Å². The Hall–Kier alpha value is -1.80. The first kappa shape index (κ1) is 12.2. The molecule has 1 heterocycles. The van der Waals surface area contributed by atoms with Gasteiger partial charge in [0.05, 0.1) is 0 Å². The summed E-state index contributed by atoms with van der Waals surface area (Å²) in [6.07, 6.45) is 2.34. The van der Waals surface area contributed by atoms with E-state index in [0.29, 0.717) is 0 Å². The number of rotatable bonds is 4. The van der Waals surface area contributed by atoms with Gasteiger partial charge in [0, 0.05) is 18.8 Å². The molecule has 2 N–H and O–H groups in total. The van der Waals surface area contributed by atoms with E-state index in [2.05, 4.69) is 41.3 Å². The van der Waals surface area contributed by atoms with Crippen LogP contribution in [0, 0.1) is 0 Å². The van der Waals surface area contributed by atoms with Crippen LogP contribution in [0.1, 0.15) is 23.1 Å². The van der Waals surface area contributed by atoms with E-state index in [1.807, 2.05) is 12.1 Å². The maximum Gasteiger partial charge on any atom is 0.0314 e. The molecule has 19 heavy (non-hydrogen) atoms. The van der Waals surface area contributed by atoms with Gasteiger partial charge in [0.15, 0.2) is 0 Å². The summed E-state index contributed by atoms with van der Waals surface area (Å²) in [5.41, 5.74) is 10.9. The van der Waals surface area contributed by atoms with Crippen LogP contribution >= 0.6 is 0 Å². The number of nitrogens with zero attached hydrogens (tertiary/aromatic N) is 1. The van der Waals surface area contributed by atoms with Crippen molar-refractivity contribution in [1.82, 2.24) is 4.90 Å². The van der Waals surface area contributed by atoms with E-state index in [1.54, 1.807) is 0 Å². The molecule has 0 aromatic heterocycles. The molecule has 2 nitrogen and oxygen atoms in total. The van der Waals surface area contributed by atoms with Crippen molar-refractivity contribution in [1.29, 1.82) is 0 Å². The Morgan fingerprint density at radius 2 is 1.53 bits per heavy atom. The first-order valence-electron chi connectivity index (χ1n) is 6.95. The Morgan fingerprint density at radius 1 is 0.895 bits per heavy atom. The van der Waals surface area contributed by atoms with Crippen LogP contribution in [0.15, 0.2) is 48.5 Å². The van der Waals surface area contributed by atoms with Gasteiger partial charge < -0.3 is 5.73 Å². The summed E-state index contributed by atoms with van der Waals surface area (Å²) in [6.45, 7) is 3.38. The largest absolute Gasteiger partial charge is 0.399 e. The number of benzene rings is 2. The second-order valence-electron chi connectivity index (χ2n) is 5.32. The topological polar surface area (TPSA) is 29.3 Å². The van der Waals surface area contributed by atoms with Crippen LogP contribution in [0.2, 0.25) is 0 Å². The lowest BCUT2D eigenvalue weighted by Gasteiger charge is -2.14. The lowest BCUT2D eigenvalue weighted by molar-refractivity contribution is 0.280. The summed E-state index contributed by atoms with van der Waals surface area (Å²) in [5, 5.41) is 0. The van der Waals surface area contributed by atoms with E-state index in [1.165, 1.54) is 29.7 Å². The van der Waals surface area contributed by atoms with E-state index >= 15 is 0 Å². The molecule has 1 aliphatic rings. The Balaban J connectivity index is 1.48. The molecule has 0 amide bonds. The SMILES string of the molecule is Nc1ccc(CCCN2Cc3ccccc3C2)cc1. The third kappa shape index (κ3) is 2.96. The molecule has 0 saturated heterocycles. The van der Waals surface area contributed by atoms with Crippen molar-refractivity contribution in [3.8, 4) is 0 Å². The second kappa shape index (κ2) is 5.45. The normalized spacial score (nSPS) is 14.5. The summed E-state index contributed by atoms with van der Waals surface area (Å²) < 4.78 is 0. The van der Waals surface area contributed by atoms with Crippen LogP contribution < -0.4 is 5.73 Å². The highest BCUT2D eigenvalue weighted by Crippen LogP contribution is 2.22. The fraction of sp³-hybridized carbons (Fsp3) is 0.294. The number of anilines is 1. The monoisotopic (exact) mass is 252 g/mol. The molecule has 2 aromatic rings. The van der Waals surface area contributed by atoms with Crippen LogP contribution in [-0.2, 0) is 19.5 Å². The van der Waals surface area contributed by atoms with E-state index < -0.39 is 0 Å². The van der Waals surface area contributed by atoms with Crippen LogP contribution in [-0.4, -0.2) is 11.4 Å². The first-order chi connectivity index (χ1) is 9.31. The number of aryl methyl sites for hydroxylation is 1. The van der Waals surface area contributed by atoms with Gasteiger partial charge in [-0.05, 0) is 48.2 Å². The standard InChI is InChI=1S/C17H20N2/c18-17-9-7-14(8-10-17)4-3-11-19-12-15-5-1-2-6-16(15)13-19/h1-2,5-10H,3-4,11-13,18H2. The minimum absolute atomic E-state index is 0.846. The fourth-order valence-corrected chi connectivity index (χ4v) is 2.75. The second-order valence-corrected chi connectivity index (χ2v) is 5.32. The zero-order valence-corrected chi connectivity index (χ0v) is 11.2. The third-order valence-electron chi connectivity index (χ3n) is 3.83. The lowest BCUT2D eigenvalue weighted by atomic mass is 10.1. The van der Waals surface area contributed by atoms with E-state index in [9.17, 15) is 0 Å². The molecule has 0 bridgehead atoms. The number of nitrogens with two attached hydrogens (primary N) is 1.